The van der Waals surface area contributed by atoms with Crippen LogP contribution in [0.3, 0.4) is 0 Å². The van der Waals surface area contributed by atoms with Crippen molar-refractivity contribution in [3.05, 3.63) is 0 Å². The van der Waals surface area contributed by atoms with E-state index in [1.54, 1.807) is 6.92 Å². The lowest BCUT2D eigenvalue weighted by Crippen LogP contribution is -1.97. The molecule has 0 aliphatic carbocycles. The summed E-state index contributed by atoms with van der Waals surface area (Å²) in [7, 11) is -5.17. The van der Waals surface area contributed by atoms with Gasteiger partial charge in [-0.3, -0.25) is 8.42 Å². The molecule has 12 N–H and O–H groups in total. The van der Waals surface area contributed by atoms with Gasteiger partial charge in [-0.1, -0.05) is 6.92 Å². The van der Waals surface area contributed by atoms with Crippen molar-refractivity contribution in [3.8, 4) is 0 Å². The summed E-state index contributed by atoms with van der Waals surface area (Å²) < 4.78 is 34.1. The lowest BCUT2D eigenvalue weighted by molar-refractivity contribution is -0.361. The van der Waals surface area contributed by atoms with Crippen LogP contribution in [0.2, 0.25) is 0 Å². The van der Waals surface area contributed by atoms with E-state index in [4.69, 9.17) is 22.6 Å². The van der Waals surface area contributed by atoms with Gasteiger partial charge in [-0.25, -0.2) is 0 Å². The summed E-state index contributed by atoms with van der Waals surface area (Å²) >= 11 is 0. The zero-order valence-electron chi connectivity index (χ0n) is 7.16. The Bertz CT molecular complexity index is 114. The summed E-state index contributed by atoms with van der Waals surface area (Å²) in [5, 5.41) is 8.93. The van der Waals surface area contributed by atoms with Crippen molar-refractivity contribution in [2.75, 3.05) is 6.61 Å². The second-order valence-electron chi connectivity index (χ2n) is 0.697. The highest BCUT2D eigenvalue weighted by atomic mass is 32.3. The van der Waals surface area contributed by atoms with Crippen molar-refractivity contribution in [1.29, 1.82) is 0 Å². The summed E-state index contributed by atoms with van der Waals surface area (Å²) in [5.74, 6) is 0. The third-order valence-corrected chi connectivity index (χ3v) is 0. The zero-order chi connectivity index (χ0) is 7.21. The molecule has 0 fully saturated rings. The lowest BCUT2D eigenvalue weighted by atomic mass is 10.9. The van der Waals surface area contributed by atoms with Crippen molar-refractivity contribution >= 4 is 10.4 Å². The van der Waals surface area contributed by atoms with Crippen molar-refractivity contribution in [3.63, 3.8) is 0 Å². The van der Waals surface area contributed by atoms with Crippen LogP contribution in [0, 0.1) is 0 Å². The third-order valence-electron chi connectivity index (χ3n) is 0. The van der Waals surface area contributed by atoms with E-state index in [9.17, 15) is 0 Å². The Labute approximate surface area is 65.9 Å². The number of quaternary nitrogens is 3. The van der Waals surface area contributed by atoms with Crippen LogP contribution in [0.5, 0.6) is 0 Å². The molecule has 9 heteroatoms. The lowest BCUT2D eigenvalue weighted by Gasteiger charge is -2.06. The molecule has 0 aromatic carbocycles. The van der Waals surface area contributed by atoms with E-state index in [1.807, 2.05) is 0 Å². The van der Waals surface area contributed by atoms with Gasteiger partial charge in [0.05, 0.1) is 0 Å². The van der Waals surface area contributed by atoms with Gasteiger partial charge in [0.15, 0.2) is 0 Å². The number of hydrogen-bond donors (Lipinski definition) is 3. The molecule has 0 atom stereocenters. The Morgan fingerprint density at radius 3 is 1.09 bits per heavy atom. The molecule has 0 rings (SSSR count). The van der Waals surface area contributed by atoms with Crippen molar-refractivity contribution in [1.82, 2.24) is 18.5 Å². The van der Waals surface area contributed by atoms with E-state index in [0.717, 1.165) is 0 Å². The molecule has 0 aromatic heterocycles. The molecule has 0 radical (unpaired) electrons. The van der Waals surface area contributed by atoms with E-state index in [-0.39, 0.29) is 25.1 Å². The highest BCUT2D eigenvalue weighted by molar-refractivity contribution is 7.79. The van der Waals surface area contributed by atoms with E-state index in [1.165, 1.54) is 0 Å². The SMILES string of the molecule is CC[O-].O=S(=O)([O-])[O-].[NH4+].[NH4+].[NH4+]. The van der Waals surface area contributed by atoms with E-state index >= 15 is 0 Å². The fourth-order valence-electron chi connectivity index (χ4n) is 0. The van der Waals surface area contributed by atoms with Crippen LogP contribution < -0.4 is 23.6 Å². The highest BCUT2D eigenvalue weighted by Gasteiger charge is 1.49. The van der Waals surface area contributed by atoms with Gasteiger partial charge in [0.1, 0.15) is 0 Å². The molecular weight excluding hydrogens is 178 g/mol. The predicted molar refractivity (Wildman–Crippen MR) is 39.0 cm³/mol. The van der Waals surface area contributed by atoms with Crippen LogP contribution in [-0.2, 0) is 10.4 Å². The Hall–Kier alpha value is -0.290. The number of rotatable bonds is 0. The molecule has 76 valence electrons. The molecule has 11 heavy (non-hydrogen) atoms. The van der Waals surface area contributed by atoms with Gasteiger partial charge in [-0.05, 0) is 0 Å². The standard InChI is InChI=1S/C2H5O.3H3N.H2O4S/c1-2-3;;;;1-5(2,3)4/h2H2,1H3;3*1H3;(H2,1,2,3,4)/q-1;;;;/p+1. The monoisotopic (exact) mass is 195 g/mol. The van der Waals surface area contributed by atoms with Gasteiger partial charge in [-0.2, -0.15) is 0 Å². The maximum absolute atomic E-state index is 8.93. The van der Waals surface area contributed by atoms with Crippen LogP contribution in [0.15, 0.2) is 0 Å². The Morgan fingerprint density at radius 1 is 1.09 bits per heavy atom. The summed E-state index contributed by atoms with van der Waals surface area (Å²) in [6, 6.07) is 0. The maximum Gasteiger partial charge on any atom is 0.0311 e. The van der Waals surface area contributed by atoms with Crippen LogP contribution in [-0.4, -0.2) is 24.1 Å². The van der Waals surface area contributed by atoms with Crippen LogP contribution in [0.1, 0.15) is 6.92 Å². The second-order valence-corrected chi connectivity index (χ2v) is 1.51. The molecule has 0 spiro atoms. The molecule has 0 amide bonds. The molecule has 0 aliphatic rings. The van der Waals surface area contributed by atoms with E-state index < -0.39 is 10.4 Å². The highest BCUT2D eigenvalue weighted by Crippen LogP contribution is 1.57. The summed E-state index contributed by atoms with van der Waals surface area (Å²) in [4.78, 5) is 0. The summed E-state index contributed by atoms with van der Waals surface area (Å²) in [6.45, 7) is 1.57. The van der Waals surface area contributed by atoms with Gasteiger partial charge in [0, 0.05) is 10.4 Å². The minimum absolute atomic E-state index is 0. The molecule has 0 aromatic rings. The van der Waals surface area contributed by atoms with Crippen molar-refractivity contribution in [2.45, 2.75) is 6.92 Å². The second kappa shape index (κ2) is 16.4. The van der Waals surface area contributed by atoms with Crippen molar-refractivity contribution < 1.29 is 22.6 Å². The Balaban J connectivity index is -0.0000000183. The first-order valence-electron chi connectivity index (χ1n) is 1.66. The first-order valence-corrected chi connectivity index (χ1v) is 3.00. The van der Waals surface area contributed by atoms with E-state index in [2.05, 4.69) is 0 Å². The molecular formula is C2H17N3O5S. The van der Waals surface area contributed by atoms with Gasteiger partial charge < -0.3 is 32.7 Å². The average Bonchev–Trinajstić information content (AvgIpc) is 1.27. The smallest absolute Gasteiger partial charge is 0.0311 e. The van der Waals surface area contributed by atoms with Gasteiger partial charge in [-0.15, -0.1) is 6.61 Å². The van der Waals surface area contributed by atoms with Gasteiger partial charge in [0.2, 0.25) is 0 Å². The maximum atomic E-state index is 8.93. The third kappa shape index (κ3) is 6860. The normalized spacial score (nSPS) is 6.91. The Kier molecular flexibility index (Phi) is 46.1. The topological polar surface area (TPSA) is 213 Å². The quantitative estimate of drug-likeness (QED) is 0.331. The van der Waals surface area contributed by atoms with Crippen LogP contribution >= 0.6 is 0 Å². The Morgan fingerprint density at radius 2 is 1.09 bits per heavy atom. The fourth-order valence-corrected chi connectivity index (χ4v) is 0. The van der Waals surface area contributed by atoms with Crippen molar-refractivity contribution in [2.24, 2.45) is 0 Å². The van der Waals surface area contributed by atoms with Crippen LogP contribution in [0.25, 0.3) is 0 Å². The molecule has 0 aliphatic heterocycles. The molecule has 0 unspecified atom stereocenters. The minimum atomic E-state index is -5.17. The van der Waals surface area contributed by atoms with Gasteiger partial charge in [0.25, 0.3) is 0 Å². The van der Waals surface area contributed by atoms with Gasteiger partial charge >= 0.3 is 0 Å². The summed E-state index contributed by atoms with van der Waals surface area (Å²) in [6.07, 6.45) is 0. The summed E-state index contributed by atoms with van der Waals surface area (Å²) in [5.41, 5.74) is 0. The largest absolute Gasteiger partial charge is 0.855 e. The molecule has 8 nitrogen and oxygen atoms in total. The molecule has 0 saturated carbocycles. The fraction of sp³-hybridized carbons (Fsp3) is 1.00. The van der Waals surface area contributed by atoms with Crippen LogP contribution in [0.4, 0.5) is 0 Å². The first kappa shape index (κ1) is 31.0. The molecule has 0 saturated heterocycles. The zero-order valence-corrected chi connectivity index (χ0v) is 7.97. The molecule has 0 bridgehead atoms. The predicted octanol–water partition coefficient (Wildman–Crippen LogP) is -0.843. The first-order chi connectivity index (χ1) is 3.41. The van der Waals surface area contributed by atoms with E-state index in [0.29, 0.717) is 0 Å². The minimum Gasteiger partial charge on any atom is -0.855 e. The molecule has 0 heterocycles. The average molecular weight is 195 g/mol. The number of hydrogen-bond acceptors (Lipinski definition) is 5.